The normalized spacial score (nSPS) is 10.6. The van der Waals surface area contributed by atoms with Gasteiger partial charge in [0.15, 0.2) is 11.6 Å². The van der Waals surface area contributed by atoms with Crippen molar-refractivity contribution in [2.75, 3.05) is 0 Å². The molecule has 0 atom stereocenters. The van der Waals surface area contributed by atoms with Gasteiger partial charge in [-0.3, -0.25) is 9.59 Å². The van der Waals surface area contributed by atoms with Gasteiger partial charge in [-0.25, -0.2) is 0 Å². The molecule has 0 aromatic heterocycles. The van der Waals surface area contributed by atoms with Crippen LogP contribution in [0, 0.1) is 0 Å². The van der Waals surface area contributed by atoms with Crippen molar-refractivity contribution < 1.29 is 9.59 Å². The molecule has 0 spiro atoms. The molecule has 20 heavy (non-hydrogen) atoms. The average molecular weight is 266 g/mol. The maximum atomic E-state index is 12.2. The second kappa shape index (κ2) is 6.29. The largest absolute Gasteiger partial charge is 0.294 e. The van der Waals surface area contributed by atoms with Crippen LogP contribution in [0.5, 0.6) is 0 Å². The smallest absolute Gasteiger partial charge is 0.170 e. The lowest BCUT2D eigenvalue weighted by Gasteiger charge is -2.07. The number of carbonyl (C=O) groups excluding carboxylic acids is 2. The first-order valence-corrected chi connectivity index (χ1v) is 6.79. The minimum atomic E-state index is -0.134. The Morgan fingerprint density at radius 2 is 1.45 bits per heavy atom. The first-order valence-electron chi connectivity index (χ1n) is 6.79. The standard InChI is InChI=1S/C18H18O2/c1-13(2)15-9-6-10-16(11-15)18(20)12-17(19)14-7-4-3-5-8-14/h3-11,13H,12H2,1-2H3. The van der Waals surface area contributed by atoms with Gasteiger partial charge >= 0.3 is 0 Å². The summed E-state index contributed by atoms with van der Waals surface area (Å²) in [5, 5.41) is 0. The third-order valence-electron chi connectivity index (χ3n) is 3.29. The number of rotatable bonds is 5. The number of carbonyl (C=O) groups is 2. The molecule has 2 nitrogen and oxygen atoms in total. The van der Waals surface area contributed by atoms with Gasteiger partial charge in [0.05, 0.1) is 6.42 Å². The zero-order valence-electron chi connectivity index (χ0n) is 11.8. The van der Waals surface area contributed by atoms with E-state index in [1.807, 2.05) is 24.3 Å². The van der Waals surface area contributed by atoms with Gasteiger partial charge in [-0.05, 0) is 17.5 Å². The summed E-state index contributed by atoms with van der Waals surface area (Å²) in [5.74, 6) is 0.111. The quantitative estimate of drug-likeness (QED) is 0.598. The van der Waals surface area contributed by atoms with Crippen molar-refractivity contribution >= 4 is 11.6 Å². The van der Waals surface area contributed by atoms with E-state index < -0.39 is 0 Å². The molecule has 0 N–H and O–H groups in total. The first kappa shape index (κ1) is 14.2. The molecule has 2 aromatic carbocycles. The van der Waals surface area contributed by atoms with Crippen LogP contribution in [0.4, 0.5) is 0 Å². The van der Waals surface area contributed by atoms with Crippen LogP contribution in [-0.2, 0) is 0 Å². The second-order valence-electron chi connectivity index (χ2n) is 5.17. The molecule has 0 unspecified atom stereocenters. The number of ketones is 2. The Labute approximate surface area is 119 Å². The fraction of sp³-hybridized carbons (Fsp3) is 0.222. The molecule has 2 rings (SSSR count). The van der Waals surface area contributed by atoms with Crippen LogP contribution in [0.25, 0.3) is 0 Å². The minimum absolute atomic E-state index is 0.0778. The van der Waals surface area contributed by atoms with Crippen molar-refractivity contribution in [3.05, 3.63) is 71.3 Å². The molecule has 0 bridgehead atoms. The molecule has 2 aromatic rings. The Hall–Kier alpha value is -2.22. The zero-order chi connectivity index (χ0) is 14.5. The Balaban J connectivity index is 2.13. The highest BCUT2D eigenvalue weighted by Crippen LogP contribution is 2.17. The van der Waals surface area contributed by atoms with E-state index in [-0.39, 0.29) is 18.0 Å². The molecule has 0 aliphatic carbocycles. The van der Waals surface area contributed by atoms with Crippen LogP contribution in [0.2, 0.25) is 0 Å². The fourth-order valence-electron chi connectivity index (χ4n) is 2.05. The van der Waals surface area contributed by atoms with Gasteiger partial charge in [0.2, 0.25) is 0 Å². The molecular weight excluding hydrogens is 248 g/mol. The third-order valence-corrected chi connectivity index (χ3v) is 3.29. The maximum Gasteiger partial charge on any atom is 0.170 e. The summed E-state index contributed by atoms with van der Waals surface area (Å²) in [5.41, 5.74) is 2.31. The van der Waals surface area contributed by atoms with Gasteiger partial charge in [0.1, 0.15) is 0 Å². The molecule has 2 heteroatoms. The number of Topliss-reactive ketones (excluding diaryl/α,β-unsaturated/α-hetero) is 2. The van der Waals surface area contributed by atoms with E-state index in [1.165, 1.54) is 0 Å². The topological polar surface area (TPSA) is 34.1 Å². The van der Waals surface area contributed by atoms with Gasteiger partial charge < -0.3 is 0 Å². The van der Waals surface area contributed by atoms with E-state index in [1.54, 1.807) is 30.3 Å². The minimum Gasteiger partial charge on any atom is -0.294 e. The summed E-state index contributed by atoms with van der Waals surface area (Å²) >= 11 is 0. The fourth-order valence-corrected chi connectivity index (χ4v) is 2.05. The molecule has 0 saturated carbocycles. The van der Waals surface area contributed by atoms with Gasteiger partial charge in [-0.15, -0.1) is 0 Å². The van der Waals surface area contributed by atoms with Crippen LogP contribution < -0.4 is 0 Å². The lowest BCUT2D eigenvalue weighted by atomic mass is 9.96. The first-order chi connectivity index (χ1) is 9.58. The average Bonchev–Trinajstić information content (AvgIpc) is 2.48. The molecule has 0 amide bonds. The van der Waals surface area contributed by atoms with Crippen molar-refractivity contribution in [2.24, 2.45) is 0 Å². The highest BCUT2D eigenvalue weighted by atomic mass is 16.1. The molecule has 0 radical (unpaired) electrons. The lowest BCUT2D eigenvalue weighted by molar-refractivity contribution is 0.0894. The van der Waals surface area contributed by atoms with Gasteiger partial charge in [-0.2, -0.15) is 0 Å². The Morgan fingerprint density at radius 1 is 0.850 bits per heavy atom. The summed E-state index contributed by atoms with van der Waals surface area (Å²) < 4.78 is 0. The van der Waals surface area contributed by atoms with Crippen LogP contribution in [0.1, 0.15) is 52.5 Å². The highest BCUT2D eigenvalue weighted by Gasteiger charge is 2.14. The summed E-state index contributed by atoms with van der Waals surface area (Å²) in [6.45, 7) is 4.16. The number of benzene rings is 2. The van der Waals surface area contributed by atoms with E-state index in [0.29, 0.717) is 17.0 Å². The van der Waals surface area contributed by atoms with Crippen molar-refractivity contribution in [3.63, 3.8) is 0 Å². The molecule has 0 aliphatic rings. The summed E-state index contributed by atoms with van der Waals surface area (Å²) in [6, 6.07) is 16.5. The Kier molecular flexibility index (Phi) is 4.46. The van der Waals surface area contributed by atoms with Crippen LogP contribution in [-0.4, -0.2) is 11.6 Å². The van der Waals surface area contributed by atoms with E-state index in [9.17, 15) is 9.59 Å². The van der Waals surface area contributed by atoms with E-state index >= 15 is 0 Å². The molecular formula is C18H18O2. The zero-order valence-corrected chi connectivity index (χ0v) is 11.8. The molecule has 0 fully saturated rings. The predicted octanol–water partition coefficient (Wildman–Crippen LogP) is 4.27. The van der Waals surface area contributed by atoms with Crippen molar-refractivity contribution in [1.82, 2.24) is 0 Å². The van der Waals surface area contributed by atoms with Crippen molar-refractivity contribution in [3.8, 4) is 0 Å². The van der Waals surface area contributed by atoms with Crippen molar-refractivity contribution in [2.45, 2.75) is 26.2 Å². The molecule has 0 aliphatic heterocycles. The van der Waals surface area contributed by atoms with E-state index in [0.717, 1.165) is 5.56 Å². The maximum absolute atomic E-state index is 12.2. The molecule has 0 saturated heterocycles. The molecule has 0 heterocycles. The molecule has 102 valence electrons. The van der Waals surface area contributed by atoms with E-state index in [4.69, 9.17) is 0 Å². The number of hydrogen-bond donors (Lipinski definition) is 0. The van der Waals surface area contributed by atoms with E-state index in [2.05, 4.69) is 13.8 Å². The third kappa shape index (κ3) is 3.41. The highest BCUT2D eigenvalue weighted by molar-refractivity contribution is 6.13. The van der Waals surface area contributed by atoms with Crippen LogP contribution in [0.15, 0.2) is 54.6 Å². The van der Waals surface area contributed by atoms with Gasteiger partial charge in [-0.1, -0.05) is 62.4 Å². The lowest BCUT2D eigenvalue weighted by Crippen LogP contribution is -2.09. The van der Waals surface area contributed by atoms with Gasteiger partial charge in [0.25, 0.3) is 0 Å². The van der Waals surface area contributed by atoms with Crippen LogP contribution in [0.3, 0.4) is 0 Å². The van der Waals surface area contributed by atoms with Crippen LogP contribution >= 0.6 is 0 Å². The monoisotopic (exact) mass is 266 g/mol. The van der Waals surface area contributed by atoms with Crippen molar-refractivity contribution in [1.29, 1.82) is 0 Å². The predicted molar refractivity (Wildman–Crippen MR) is 80.3 cm³/mol. The van der Waals surface area contributed by atoms with Gasteiger partial charge in [0, 0.05) is 11.1 Å². The Morgan fingerprint density at radius 3 is 2.10 bits per heavy atom. The second-order valence-corrected chi connectivity index (χ2v) is 5.17. The SMILES string of the molecule is CC(C)c1cccc(C(=O)CC(=O)c2ccccc2)c1. The summed E-state index contributed by atoms with van der Waals surface area (Å²) in [4.78, 5) is 24.2. The summed E-state index contributed by atoms with van der Waals surface area (Å²) in [6.07, 6.45) is -0.0778. The Bertz CT molecular complexity index is 612. The summed E-state index contributed by atoms with van der Waals surface area (Å²) in [7, 11) is 0. The number of hydrogen-bond acceptors (Lipinski definition) is 2.